The van der Waals surface area contributed by atoms with E-state index in [9.17, 15) is 55.1 Å². The Morgan fingerprint density at radius 3 is 1.78 bits per heavy atom. The summed E-state index contributed by atoms with van der Waals surface area (Å²) < 4.78 is 116. The molecule has 3 aliphatic heterocycles. The first kappa shape index (κ1) is 83.2. The Morgan fingerprint density at radius 1 is 0.618 bits per heavy atom. The highest BCUT2D eigenvalue weighted by atomic mass is 35.5. The lowest BCUT2D eigenvalue weighted by Crippen LogP contribution is -2.68. The van der Waals surface area contributed by atoms with Crippen LogP contribution in [0.25, 0.3) is 0 Å². The number of hydrogen-bond acceptors (Lipinski definition) is 11. The van der Waals surface area contributed by atoms with Crippen molar-refractivity contribution in [1.29, 1.82) is 0 Å². The van der Waals surface area contributed by atoms with Gasteiger partial charge >= 0.3 is 12.4 Å². The van der Waals surface area contributed by atoms with Crippen molar-refractivity contribution >= 4 is 76.6 Å². The smallest absolute Gasteiger partial charge is 0.343 e. The molecule has 4 aliphatic carbocycles. The van der Waals surface area contributed by atoms with Gasteiger partial charge in [-0.3, -0.25) is 52.7 Å². The zero-order valence-corrected chi connectivity index (χ0v) is 62.1. The molecular weight excluding hydrogens is 1370 g/mol. The number of carbonyl (C=O) groups excluding carboxylic acids is 11. The van der Waals surface area contributed by atoms with Crippen molar-refractivity contribution in [3.63, 3.8) is 0 Å². The molecule has 0 radical (unpaired) electrons. The van der Waals surface area contributed by atoms with E-state index in [1.165, 1.54) is 66.7 Å². The van der Waals surface area contributed by atoms with Crippen LogP contribution in [-0.2, 0) is 52.7 Å². The molecule has 1 spiro atoms. The first-order chi connectivity index (χ1) is 47.6. The van der Waals surface area contributed by atoms with E-state index in [1.807, 2.05) is 20.8 Å². The van der Waals surface area contributed by atoms with Crippen LogP contribution in [0.3, 0.4) is 0 Å². The van der Waals surface area contributed by atoms with Gasteiger partial charge in [0.15, 0.2) is 0 Å². The van der Waals surface area contributed by atoms with Gasteiger partial charge in [0, 0.05) is 72.6 Å². The Morgan fingerprint density at radius 2 is 1.25 bits per heavy atom. The highest BCUT2D eigenvalue weighted by Gasteiger charge is 2.57. The van der Waals surface area contributed by atoms with E-state index in [4.69, 9.17) is 11.6 Å². The molecule has 3 saturated heterocycles. The lowest BCUT2D eigenvalue weighted by atomic mass is 9.74. The Kier molecular flexibility index (Phi) is 28.1. The summed E-state index contributed by atoms with van der Waals surface area (Å²) in [6, 6.07) is -12.0. The zero-order valence-electron chi connectivity index (χ0n) is 61.4. The van der Waals surface area contributed by atoms with Crippen LogP contribution in [0.4, 0.5) is 35.1 Å². The number of halogens is 9. The molecule has 31 heteroatoms. The molecule has 0 aromatic rings. The van der Waals surface area contributed by atoms with Crippen molar-refractivity contribution < 1.29 is 87.9 Å². The number of amides is 11. The molecule has 22 nitrogen and oxygen atoms in total. The fourth-order valence-electron chi connectivity index (χ4n) is 16.4. The maximum absolute atomic E-state index is 16.1. The van der Waals surface area contributed by atoms with E-state index in [-0.39, 0.29) is 115 Å². The predicted molar refractivity (Wildman–Crippen MR) is 362 cm³/mol. The van der Waals surface area contributed by atoms with Gasteiger partial charge in [-0.2, -0.15) is 26.3 Å². The highest BCUT2D eigenvalue weighted by molar-refractivity contribution is 6.21. The summed E-state index contributed by atoms with van der Waals surface area (Å²) in [6.45, 7) is 9.53. The van der Waals surface area contributed by atoms with Gasteiger partial charge < -0.3 is 55.1 Å². The number of hydrogen-bond donors (Lipinski definition) is 3. The number of nitrogens with zero attached hydrogens (tertiary/aromatic N) is 8. The molecule has 13 atom stereocenters. The van der Waals surface area contributed by atoms with Crippen LogP contribution >= 0.6 is 11.6 Å². The Hall–Kier alpha value is -6.10. The van der Waals surface area contributed by atoms with Crippen LogP contribution < -0.4 is 16.0 Å². The largest absolute Gasteiger partial charge is 0.393 e. The number of rotatable bonds is 11. The molecule has 3 N–H and O–H groups in total. The monoisotopic (exact) mass is 1480 g/mol. The third-order valence-corrected chi connectivity index (χ3v) is 24.1. The molecule has 3 heterocycles. The number of fused-ring (bicyclic) bond motifs is 2. The maximum Gasteiger partial charge on any atom is 0.393 e. The summed E-state index contributed by atoms with van der Waals surface area (Å²) in [4.78, 5) is 173. The molecule has 7 fully saturated rings. The summed E-state index contributed by atoms with van der Waals surface area (Å²) in [7, 11) is 6.95. The minimum atomic E-state index is -4.61. The zero-order chi connectivity index (χ0) is 76.0. The maximum atomic E-state index is 16.1. The second-order valence-corrected chi connectivity index (χ2v) is 31.6. The average molecular weight is 1480 g/mol. The number of alkyl halides is 9. The quantitative estimate of drug-likeness (QED) is 0.132. The molecule has 3 unspecified atom stereocenters. The molecule has 0 aromatic heterocycles. The first-order valence-corrected chi connectivity index (χ1v) is 37.3. The molecule has 7 aliphatic rings. The van der Waals surface area contributed by atoms with Crippen molar-refractivity contribution in [2.75, 3.05) is 61.4 Å². The van der Waals surface area contributed by atoms with E-state index in [2.05, 4.69) is 16.0 Å². The van der Waals surface area contributed by atoms with E-state index >= 15 is 32.8 Å². The molecule has 0 bridgehead atoms. The van der Waals surface area contributed by atoms with Gasteiger partial charge in [0.05, 0.1) is 24.9 Å². The summed E-state index contributed by atoms with van der Waals surface area (Å²) in [5.41, 5.74) is -1.76. The van der Waals surface area contributed by atoms with Crippen molar-refractivity contribution in [3.8, 4) is 0 Å². The fourth-order valence-corrected chi connectivity index (χ4v) is 16.9. The first-order valence-electron chi connectivity index (χ1n) is 36.9. The SMILES string of the molecule is CC[C@H](C)[C@@H]1NC(=O)[C@H](CC(C)C)N(C)C(=O)C[C@@H](C)N(C)C(=O)[C@H](C2CCCCC2)N(C)C(=O)C2(CCC2)NC(=O)[C@@H]2CC(F)(F)CN2C(=O)[C@H](CCC2CCC(C(F)(F)F)C(Cl)C2)NC(=O)CN(C)C(=O)[C@H](CC2CCC(C(F)(F)F)CC2)N(CC)C(=O)[C@@H]2CCN2C(=O)[C@H](C)N(C)C1=O. The van der Waals surface area contributed by atoms with E-state index < -0.39 is 204 Å². The molecule has 578 valence electrons. The van der Waals surface area contributed by atoms with E-state index in [0.717, 1.165) is 29.1 Å². The highest BCUT2D eigenvalue weighted by Crippen LogP contribution is 2.46. The second kappa shape index (κ2) is 34.4. The third-order valence-electron chi connectivity index (χ3n) is 23.6. The Labute approximate surface area is 599 Å². The summed E-state index contributed by atoms with van der Waals surface area (Å²) in [5.74, 6) is -18.1. The lowest BCUT2D eigenvalue weighted by molar-refractivity contribution is -0.184. The van der Waals surface area contributed by atoms with Crippen LogP contribution in [0.1, 0.15) is 196 Å². The average Bonchev–Trinajstić information content (AvgIpc) is 0.908. The minimum Gasteiger partial charge on any atom is -0.343 e. The second-order valence-electron chi connectivity index (χ2n) is 31.1. The topological polar surface area (TPSA) is 250 Å². The van der Waals surface area contributed by atoms with Gasteiger partial charge in [0.1, 0.15) is 53.9 Å². The van der Waals surface area contributed by atoms with Crippen LogP contribution in [0.5, 0.6) is 0 Å². The van der Waals surface area contributed by atoms with E-state index in [1.54, 1.807) is 20.8 Å². The summed E-state index contributed by atoms with van der Waals surface area (Å²) in [5, 5.41) is 6.81. The van der Waals surface area contributed by atoms with Crippen molar-refractivity contribution in [2.45, 2.75) is 280 Å². The third kappa shape index (κ3) is 19.5. The Balaban J connectivity index is 1.28. The minimum absolute atomic E-state index is 0.00905. The van der Waals surface area contributed by atoms with Crippen molar-refractivity contribution in [2.24, 2.45) is 41.4 Å². The molecule has 11 amide bonds. The van der Waals surface area contributed by atoms with Crippen molar-refractivity contribution in [3.05, 3.63) is 0 Å². The molecular formula is C71H110ClF8N11O11. The summed E-state index contributed by atoms with van der Waals surface area (Å²) >= 11 is 6.33. The number of carbonyl (C=O) groups is 11. The fraction of sp³-hybridized carbons (Fsp3) is 0.845. The molecule has 7 rings (SSSR count). The Bertz CT molecular complexity index is 3020. The molecule has 4 saturated carbocycles. The van der Waals surface area contributed by atoms with Gasteiger partial charge in [-0.25, -0.2) is 8.78 Å². The van der Waals surface area contributed by atoms with Gasteiger partial charge in [0.25, 0.3) is 5.92 Å². The van der Waals surface area contributed by atoms with E-state index in [0.29, 0.717) is 30.6 Å². The molecule has 0 aromatic carbocycles. The van der Waals surface area contributed by atoms with Crippen LogP contribution in [0, 0.1) is 41.4 Å². The van der Waals surface area contributed by atoms with Crippen LogP contribution in [0.15, 0.2) is 0 Å². The molecule has 102 heavy (non-hydrogen) atoms. The standard InChI is InChI=1S/C71H110ClF8N11O11/c1-13-41(5)57-65(100)86(10)43(7)61(96)90-32-29-51(90)64(99)89(14-2)53(36-45-21-25-47(26-22-45)70(75,76)77)63(98)84(8)38-55(92)81-50(28-24-44-23-27-48(49(72)35-44)71(78,79)80)62(97)91-39-69(73,74)37-54(91)60(95)83-68(30-18-31-68)67(102)88(12)58(46-19-16-15-17-20-46)66(101)85(9)42(6)34-56(93)87(11)52(33-40(3)4)59(94)82-57/h40-54,57-58H,13-39H2,1-12H3,(H,81,92)(H,82,94)(H,83,95)/t41-,42+,43-,44?,45?,47?,48?,49?,50-,51-,52-,53-,54-,57-,58-/m0/s1. The van der Waals surface area contributed by atoms with Crippen LogP contribution in [0.2, 0.25) is 0 Å². The normalized spacial score (nSPS) is 32.6. The number of likely N-dealkylation sites (N-methyl/N-ethyl adjacent to an activating group) is 6. The van der Waals surface area contributed by atoms with Gasteiger partial charge in [0.2, 0.25) is 65.0 Å². The number of nitrogens with one attached hydrogen (secondary N) is 3. The predicted octanol–water partition coefficient (Wildman–Crippen LogP) is 8.06. The van der Waals surface area contributed by atoms with Crippen LogP contribution in [-0.4, -0.2) is 249 Å². The van der Waals surface area contributed by atoms with Gasteiger partial charge in [-0.1, -0.05) is 53.4 Å². The van der Waals surface area contributed by atoms with Gasteiger partial charge in [-0.05, 0) is 160 Å². The van der Waals surface area contributed by atoms with Crippen molar-refractivity contribution in [1.82, 2.24) is 55.1 Å². The summed E-state index contributed by atoms with van der Waals surface area (Å²) in [6.07, 6.45) is -7.95. The van der Waals surface area contributed by atoms with Gasteiger partial charge in [-0.15, -0.1) is 11.6 Å². The lowest BCUT2D eigenvalue weighted by Gasteiger charge is -2.47.